The Morgan fingerprint density at radius 2 is 2.06 bits per heavy atom. The molecule has 2 aromatic rings. The van der Waals surface area contributed by atoms with E-state index < -0.39 is 11.3 Å². The van der Waals surface area contributed by atoms with E-state index in [4.69, 9.17) is 5.73 Å². The van der Waals surface area contributed by atoms with Gasteiger partial charge in [-0.1, -0.05) is 0 Å². The summed E-state index contributed by atoms with van der Waals surface area (Å²) in [7, 11) is 0. The molecule has 6 heteroatoms. The molecular weight excluding hydrogens is 236 g/mol. The maximum absolute atomic E-state index is 12.0. The average Bonchev–Trinajstić information content (AvgIpc) is 2.34. The monoisotopic (exact) mass is 248 g/mol. The van der Waals surface area contributed by atoms with Gasteiger partial charge in [0.1, 0.15) is 5.56 Å². The van der Waals surface area contributed by atoms with Gasteiger partial charge in [-0.2, -0.15) is 0 Å². The van der Waals surface area contributed by atoms with Crippen molar-refractivity contribution >= 4 is 16.8 Å². The SMILES string of the molecule is CCn1cc(C(N)=O)c(=O)c2ccc(O)c(O)c21. The van der Waals surface area contributed by atoms with E-state index >= 15 is 0 Å². The summed E-state index contributed by atoms with van der Waals surface area (Å²) in [4.78, 5) is 23.2. The Morgan fingerprint density at radius 1 is 1.39 bits per heavy atom. The van der Waals surface area contributed by atoms with Crippen LogP contribution >= 0.6 is 0 Å². The zero-order chi connectivity index (χ0) is 13.4. The van der Waals surface area contributed by atoms with E-state index in [1.54, 1.807) is 6.92 Å². The lowest BCUT2D eigenvalue weighted by molar-refractivity contribution is 0.0998. The molecular formula is C12H12N2O4. The minimum atomic E-state index is -0.823. The predicted octanol–water partition coefficient (Wildman–Crippen LogP) is 0.531. The molecule has 1 aromatic heterocycles. The Morgan fingerprint density at radius 3 is 2.61 bits per heavy atom. The number of aryl methyl sites for hydroxylation is 1. The molecule has 6 nitrogen and oxygen atoms in total. The van der Waals surface area contributed by atoms with Gasteiger partial charge in [0.25, 0.3) is 5.91 Å². The van der Waals surface area contributed by atoms with Gasteiger partial charge in [-0.3, -0.25) is 9.59 Å². The fourth-order valence-corrected chi connectivity index (χ4v) is 1.89. The predicted molar refractivity (Wildman–Crippen MR) is 65.7 cm³/mol. The summed E-state index contributed by atoms with van der Waals surface area (Å²) in [5, 5.41) is 19.4. The first-order valence-corrected chi connectivity index (χ1v) is 5.35. The highest BCUT2D eigenvalue weighted by Crippen LogP contribution is 2.32. The number of hydrogen-bond acceptors (Lipinski definition) is 4. The number of nitrogens with two attached hydrogens (primary N) is 1. The third-order valence-electron chi connectivity index (χ3n) is 2.80. The maximum Gasteiger partial charge on any atom is 0.254 e. The van der Waals surface area contributed by atoms with Crippen LogP contribution in [0.3, 0.4) is 0 Å². The van der Waals surface area contributed by atoms with E-state index in [-0.39, 0.29) is 28.0 Å². The number of carbonyl (C=O) groups excluding carboxylic acids is 1. The van der Waals surface area contributed by atoms with Gasteiger partial charge >= 0.3 is 0 Å². The van der Waals surface area contributed by atoms with E-state index in [0.29, 0.717) is 6.54 Å². The lowest BCUT2D eigenvalue weighted by Crippen LogP contribution is -2.24. The molecule has 1 amide bonds. The number of amides is 1. The zero-order valence-electron chi connectivity index (χ0n) is 9.67. The highest BCUT2D eigenvalue weighted by molar-refractivity contribution is 5.97. The van der Waals surface area contributed by atoms with E-state index in [2.05, 4.69) is 0 Å². The fourth-order valence-electron chi connectivity index (χ4n) is 1.89. The maximum atomic E-state index is 12.0. The number of phenols is 2. The van der Waals surface area contributed by atoms with Gasteiger partial charge in [-0.15, -0.1) is 0 Å². The number of aromatic nitrogens is 1. The number of fused-ring (bicyclic) bond motifs is 1. The summed E-state index contributed by atoms with van der Waals surface area (Å²) in [6.07, 6.45) is 1.28. The van der Waals surface area contributed by atoms with Crippen molar-refractivity contribution in [1.29, 1.82) is 0 Å². The molecule has 0 aliphatic heterocycles. The van der Waals surface area contributed by atoms with Crippen molar-refractivity contribution < 1.29 is 15.0 Å². The molecule has 0 unspecified atom stereocenters. The van der Waals surface area contributed by atoms with Crippen molar-refractivity contribution in [2.24, 2.45) is 5.73 Å². The van der Waals surface area contributed by atoms with Crippen LogP contribution in [-0.2, 0) is 6.54 Å². The third kappa shape index (κ3) is 1.58. The van der Waals surface area contributed by atoms with E-state index in [1.165, 1.54) is 22.9 Å². The van der Waals surface area contributed by atoms with Crippen LogP contribution in [0.1, 0.15) is 17.3 Å². The molecule has 0 spiro atoms. The molecule has 4 N–H and O–H groups in total. The molecule has 0 aliphatic rings. The molecule has 2 rings (SSSR count). The van der Waals surface area contributed by atoms with Gasteiger partial charge in [-0.25, -0.2) is 0 Å². The van der Waals surface area contributed by atoms with E-state index in [9.17, 15) is 19.8 Å². The summed E-state index contributed by atoms with van der Waals surface area (Å²) in [6, 6.07) is 2.55. The number of primary amides is 1. The average molecular weight is 248 g/mol. The fraction of sp³-hybridized carbons (Fsp3) is 0.167. The van der Waals surface area contributed by atoms with Crippen molar-refractivity contribution in [3.8, 4) is 11.5 Å². The van der Waals surface area contributed by atoms with E-state index in [0.717, 1.165) is 0 Å². The van der Waals surface area contributed by atoms with Crippen LogP contribution in [0, 0.1) is 0 Å². The first-order chi connectivity index (χ1) is 8.47. The molecule has 0 radical (unpaired) electrons. The largest absolute Gasteiger partial charge is 0.504 e. The second-order valence-corrected chi connectivity index (χ2v) is 3.85. The minimum absolute atomic E-state index is 0.142. The molecule has 94 valence electrons. The summed E-state index contributed by atoms with van der Waals surface area (Å²) in [5.74, 6) is -1.53. The topological polar surface area (TPSA) is 106 Å². The van der Waals surface area contributed by atoms with Crippen LogP contribution in [0.4, 0.5) is 0 Å². The molecule has 18 heavy (non-hydrogen) atoms. The second kappa shape index (κ2) is 4.06. The highest BCUT2D eigenvalue weighted by Gasteiger charge is 2.16. The normalized spacial score (nSPS) is 10.7. The van der Waals surface area contributed by atoms with Crippen LogP contribution in [0.5, 0.6) is 11.5 Å². The number of pyridine rings is 1. The van der Waals surface area contributed by atoms with Crippen LogP contribution in [-0.4, -0.2) is 20.7 Å². The molecule has 0 atom stereocenters. The van der Waals surface area contributed by atoms with Gasteiger partial charge in [0.15, 0.2) is 11.5 Å². The van der Waals surface area contributed by atoms with Crippen molar-refractivity contribution in [3.05, 3.63) is 34.1 Å². The van der Waals surface area contributed by atoms with Gasteiger partial charge in [0.2, 0.25) is 5.43 Å². The molecule has 0 bridgehead atoms. The first kappa shape index (κ1) is 12.0. The van der Waals surface area contributed by atoms with Crippen molar-refractivity contribution in [2.45, 2.75) is 13.5 Å². The van der Waals surface area contributed by atoms with Crippen LogP contribution in [0.15, 0.2) is 23.1 Å². The number of hydrogen-bond donors (Lipinski definition) is 3. The Labute approximate surface area is 102 Å². The number of rotatable bonds is 2. The van der Waals surface area contributed by atoms with Gasteiger partial charge in [0.05, 0.1) is 10.9 Å². The number of aromatic hydroxyl groups is 2. The summed E-state index contributed by atoms with van der Waals surface area (Å²) >= 11 is 0. The lowest BCUT2D eigenvalue weighted by Gasteiger charge is -2.12. The Hall–Kier alpha value is -2.50. The van der Waals surface area contributed by atoms with Crippen molar-refractivity contribution in [2.75, 3.05) is 0 Å². The molecule has 0 fully saturated rings. The van der Waals surface area contributed by atoms with Gasteiger partial charge < -0.3 is 20.5 Å². The van der Waals surface area contributed by atoms with Gasteiger partial charge in [-0.05, 0) is 19.1 Å². The third-order valence-corrected chi connectivity index (χ3v) is 2.80. The number of carbonyl (C=O) groups is 1. The molecule has 1 aromatic carbocycles. The molecule has 0 aliphatic carbocycles. The molecule has 1 heterocycles. The van der Waals surface area contributed by atoms with Crippen LogP contribution in [0.2, 0.25) is 0 Å². The summed E-state index contributed by atoms with van der Waals surface area (Å²) in [5.41, 5.74) is 4.62. The van der Waals surface area contributed by atoms with E-state index in [1.807, 2.05) is 0 Å². The summed E-state index contributed by atoms with van der Waals surface area (Å²) in [6.45, 7) is 2.19. The molecule has 0 saturated heterocycles. The quantitative estimate of drug-likeness (QED) is 0.674. The summed E-state index contributed by atoms with van der Waals surface area (Å²) < 4.78 is 1.49. The number of nitrogens with zero attached hydrogens (tertiary/aromatic N) is 1. The van der Waals surface area contributed by atoms with Crippen molar-refractivity contribution in [3.63, 3.8) is 0 Å². The Kier molecular flexibility index (Phi) is 2.70. The highest BCUT2D eigenvalue weighted by atomic mass is 16.3. The lowest BCUT2D eigenvalue weighted by atomic mass is 10.1. The number of benzene rings is 1. The van der Waals surface area contributed by atoms with Gasteiger partial charge in [0, 0.05) is 12.7 Å². The first-order valence-electron chi connectivity index (χ1n) is 5.35. The molecule has 0 saturated carbocycles. The Balaban J connectivity index is 3.03. The smallest absolute Gasteiger partial charge is 0.254 e. The van der Waals surface area contributed by atoms with Crippen LogP contribution < -0.4 is 11.2 Å². The second-order valence-electron chi connectivity index (χ2n) is 3.85. The number of phenolic OH excluding ortho intramolecular Hbond substituents is 2. The standard InChI is InChI=1S/C12H12N2O4/c1-2-14-5-7(12(13)18)10(16)6-3-4-8(15)11(17)9(6)14/h3-5,15,17H,2H2,1H3,(H2,13,18). The van der Waals surface area contributed by atoms with Crippen molar-refractivity contribution in [1.82, 2.24) is 4.57 Å². The minimum Gasteiger partial charge on any atom is -0.504 e. The van der Waals surface area contributed by atoms with Crippen LogP contribution in [0.25, 0.3) is 10.9 Å². The zero-order valence-corrected chi connectivity index (χ0v) is 9.67. The Bertz CT molecular complexity index is 703.